The van der Waals surface area contributed by atoms with Crippen LogP contribution in [0, 0.1) is 13.8 Å². The van der Waals surface area contributed by atoms with E-state index in [0.29, 0.717) is 10.9 Å². The lowest BCUT2D eigenvalue weighted by Crippen LogP contribution is -2.12. The van der Waals surface area contributed by atoms with Crippen molar-refractivity contribution in [3.63, 3.8) is 0 Å². The summed E-state index contributed by atoms with van der Waals surface area (Å²) in [5.74, 6) is -0.474. The van der Waals surface area contributed by atoms with Crippen molar-refractivity contribution in [1.29, 1.82) is 0 Å². The van der Waals surface area contributed by atoms with Crippen LogP contribution in [0.15, 0.2) is 16.2 Å². The Hall–Kier alpha value is -1.64. The molecule has 19 heavy (non-hydrogen) atoms. The average molecular weight is 289 g/mol. The second kappa shape index (κ2) is 4.80. The first-order valence-electron chi connectivity index (χ1n) is 5.24. The van der Waals surface area contributed by atoms with E-state index in [-0.39, 0.29) is 5.16 Å². The highest BCUT2D eigenvalue weighted by Gasteiger charge is 2.37. The first-order valence-corrected chi connectivity index (χ1v) is 6.06. The second-order valence-electron chi connectivity index (χ2n) is 3.86. The minimum atomic E-state index is -4.52. The summed E-state index contributed by atoms with van der Waals surface area (Å²) in [7, 11) is 1.27. The SMILES string of the molecule is Cc1cc(Sc2nnc(C(F)(F)F)n2C)nc(C)n1. The quantitative estimate of drug-likeness (QED) is 0.795. The molecule has 2 aromatic rings. The van der Waals surface area contributed by atoms with Gasteiger partial charge in [-0.2, -0.15) is 13.2 Å². The van der Waals surface area contributed by atoms with E-state index in [1.54, 1.807) is 19.9 Å². The van der Waals surface area contributed by atoms with Gasteiger partial charge in [0.2, 0.25) is 5.82 Å². The van der Waals surface area contributed by atoms with E-state index in [2.05, 4.69) is 20.2 Å². The van der Waals surface area contributed by atoms with Crippen LogP contribution in [-0.2, 0) is 13.2 Å². The van der Waals surface area contributed by atoms with Gasteiger partial charge in [0, 0.05) is 12.7 Å². The number of hydrogen-bond acceptors (Lipinski definition) is 5. The van der Waals surface area contributed by atoms with Gasteiger partial charge in [-0.3, -0.25) is 0 Å². The van der Waals surface area contributed by atoms with Gasteiger partial charge in [-0.05, 0) is 31.7 Å². The fourth-order valence-corrected chi connectivity index (χ4v) is 2.38. The molecule has 0 aliphatic heterocycles. The maximum absolute atomic E-state index is 12.6. The molecule has 2 heterocycles. The number of hydrogen-bond donors (Lipinski definition) is 0. The molecule has 0 unspecified atom stereocenters. The molecule has 0 amide bonds. The van der Waals surface area contributed by atoms with Crippen molar-refractivity contribution in [3.8, 4) is 0 Å². The van der Waals surface area contributed by atoms with Crippen molar-refractivity contribution in [3.05, 3.63) is 23.4 Å². The molecular formula is C10H10F3N5S. The molecule has 9 heteroatoms. The van der Waals surface area contributed by atoms with Crippen LogP contribution in [-0.4, -0.2) is 24.7 Å². The average Bonchev–Trinajstić information content (AvgIpc) is 2.58. The molecule has 2 aromatic heterocycles. The molecule has 102 valence electrons. The topological polar surface area (TPSA) is 56.5 Å². The van der Waals surface area contributed by atoms with Gasteiger partial charge in [-0.1, -0.05) is 0 Å². The van der Waals surface area contributed by atoms with E-state index in [1.165, 1.54) is 7.05 Å². The highest BCUT2D eigenvalue weighted by molar-refractivity contribution is 7.99. The van der Waals surface area contributed by atoms with Gasteiger partial charge >= 0.3 is 6.18 Å². The Labute approximate surface area is 111 Å². The highest BCUT2D eigenvalue weighted by Crippen LogP contribution is 2.31. The van der Waals surface area contributed by atoms with Crippen LogP contribution in [0.2, 0.25) is 0 Å². The standard InChI is InChI=1S/C10H10F3N5S/c1-5-4-7(15-6(2)14-5)19-9-17-16-8(18(9)3)10(11,12)13/h4H,1-3H3. The Morgan fingerprint density at radius 1 is 1.16 bits per heavy atom. The van der Waals surface area contributed by atoms with Gasteiger partial charge in [0.15, 0.2) is 5.16 Å². The summed E-state index contributed by atoms with van der Waals surface area (Å²) in [5.41, 5.74) is 0.744. The molecule has 0 aliphatic carbocycles. The van der Waals surface area contributed by atoms with E-state index in [1.807, 2.05) is 0 Å². The molecule has 0 bridgehead atoms. The zero-order chi connectivity index (χ0) is 14.2. The lowest BCUT2D eigenvalue weighted by molar-refractivity contribution is -0.147. The Morgan fingerprint density at radius 3 is 2.37 bits per heavy atom. The zero-order valence-electron chi connectivity index (χ0n) is 10.4. The van der Waals surface area contributed by atoms with Gasteiger partial charge in [0.1, 0.15) is 10.9 Å². The van der Waals surface area contributed by atoms with Crippen LogP contribution < -0.4 is 0 Å². The van der Waals surface area contributed by atoms with Crippen molar-refractivity contribution in [2.24, 2.45) is 7.05 Å². The molecule has 0 N–H and O–H groups in total. The summed E-state index contributed by atoms with van der Waals surface area (Å²) in [5, 5.41) is 7.35. The molecule has 0 spiro atoms. The zero-order valence-corrected chi connectivity index (χ0v) is 11.2. The lowest BCUT2D eigenvalue weighted by Gasteiger charge is -2.06. The minimum Gasteiger partial charge on any atom is -0.301 e. The van der Waals surface area contributed by atoms with Gasteiger partial charge < -0.3 is 4.57 Å². The Bertz CT molecular complexity index is 587. The van der Waals surface area contributed by atoms with E-state index in [9.17, 15) is 13.2 Å². The van der Waals surface area contributed by atoms with Gasteiger partial charge in [0.05, 0.1) is 0 Å². The maximum Gasteiger partial charge on any atom is 0.451 e. The minimum absolute atomic E-state index is 0.129. The van der Waals surface area contributed by atoms with E-state index >= 15 is 0 Å². The molecule has 0 atom stereocenters. The van der Waals surface area contributed by atoms with Crippen LogP contribution in [0.5, 0.6) is 0 Å². The third-order valence-electron chi connectivity index (χ3n) is 2.23. The summed E-state index contributed by atoms with van der Waals surface area (Å²) >= 11 is 1.02. The van der Waals surface area contributed by atoms with Crippen LogP contribution in [0.3, 0.4) is 0 Å². The molecular weight excluding hydrogens is 279 g/mol. The Balaban J connectivity index is 2.32. The predicted molar refractivity (Wildman–Crippen MR) is 61.6 cm³/mol. The molecule has 0 aliphatic rings. The Kier molecular flexibility index (Phi) is 3.48. The third kappa shape index (κ3) is 3.03. The van der Waals surface area contributed by atoms with E-state index in [0.717, 1.165) is 22.0 Å². The largest absolute Gasteiger partial charge is 0.451 e. The van der Waals surface area contributed by atoms with Crippen LogP contribution in [0.25, 0.3) is 0 Å². The van der Waals surface area contributed by atoms with Crippen LogP contribution in [0.4, 0.5) is 13.2 Å². The van der Waals surface area contributed by atoms with E-state index in [4.69, 9.17) is 0 Å². The second-order valence-corrected chi connectivity index (χ2v) is 4.85. The number of aryl methyl sites for hydroxylation is 2. The Morgan fingerprint density at radius 2 is 1.84 bits per heavy atom. The predicted octanol–water partition coefficient (Wildman–Crippen LogP) is 2.39. The smallest absolute Gasteiger partial charge is 0.301 e. The third-order valence-corrected chi connectivity index (χ3v) is 3.18. The van der Waals surface area contributed by atoms with Crippen molar-refractivity contribution < 1.29 is 13.2 Å². The first-order chi connectivity index (χ1) is 8.77. The monoisotopic (exact) mass is 289 g/mol. The van der Waals surface area contributed by atoms with Crippen molar-refractivity contribution in [2.75, 3.05) is 0 Å². The molecule has 0 saturated heterocycles. The van der Waals surface area contributed by atoms with Crippen LogP contribution >= 0.6 is 11.8 Å². The number of aromatic nitrogens is 5. The summed E-state index contributed by atoms with van der Waals surface area (Å²) in [6.45, 7) is 3.51. The first kappa shape index (κ1) is 13.8. The number of halogens is 3. The normalized spacial score (nSPS) is 11.9. The number of rotatable bonds is 2. The maximum atomic E-state index is 12.6. The summed E-state index contributed by atoms with van der Waals surface area (Å²) < 4.78 is 38.6. The van der Waals surface area contributed by atoms with Crippen molar-refractivity contribution in [1.82, 2.24) is 24.7 Å². The molecule has 0 radical (unpaired) electrons. The fraction of sp³-hybridized carbons (Fsp3) is 0.400. The fourth-order valence-electron chi connectivity index (χ4n) is 1.48. The lowest BCUT2D eigenvalue weighted by atomic mass is 10.4. The number of alkyl halides is 3. The highest BCUT2D eigenvalue weighted by atomic mass is 32.2. The molecule has 0 fully saturated rings. The summed E-state index contributed by atoms with van der Waals surface area (Å²) in [4.78, 5) is 8.23. The van der Waals surface area contributed by atoms with E-state index < -0.39 is 12.0 Å². The van der Waals surface area contributed by atoms with Crippen molar-refractivity contribution >= 4 is 11.8 Å². The van der Waals surface area contributed by atoms with Crippen LogP contribution in [0.1, 0.15) is 17.3 Å². The molecule has 0 aromatic carbocycles. The summed E-state index contributed by atoms with van der Waals surface area (Å²) in [6, 6.07) is 1.68. The van der Waals surface area contributed by atoms with Gasteiger partial charge in [-0.15, -0.1) is 10.2 Å². The van der Waals surface area contributed by atoms with Gasteiger partial charge in [0.25, 0.3) is 0 Å². The number of nitrogens with zero attached hydrogens (tertiary/aromatic N) is 5. The molecule has 0 saturated carbocycles. The van der Waals surface area contributed by atoms with Gasteiger partial charge in [-0.25, -0.2) is 9.97 Å². The molecule has 2 rings (SSSR count). The van der Waals surface area contributed by atoms with Crippen molar-refractivity contribution in [2.45, 2.75) is 30.2 Å². The summed E-state index contributed by atoms with van der Waals surface area (Å²) in [6.07, 6.45) is -4.52. The molecule has 5 nitrogen and oxygen atoms in total.